The van der Waals surface area contributed by atoms with E-state index in [0.29, 0.717) is 24.4 Å². The molecule has 0 bridgehead atoms. The summed E-state index contributed by atoms with van der Waals surface area (Å²) >= 11 is 0. The van der Waals surface area contributed by atoms with Crippen molar-refractivity contribution in [2.75, 3.05) is 39.8 Å². The maximum atomic E-state index is 14.0. The molecule has 122 valence electrons. The van der Waals surface area contributed by atoms with Gasteiger partial charge in [-0.1, -0.05) is 13.0 Å². The Balaban J connectivity index is 2.00. The molecule has 0 unspecified atom stereocenters. The zero-order chi connectivity index (χ0) is 16.1. The zero-order valence-corrected chi connectivity index (χ0v) is 13.4. The molecule has 1 heterocycles. The van der Waals surface area contributed by atoms with E-state index in [9.17, 15) is 9.18 Å². The van der Waals surface area contributed by atoms with Gasteiger partial charge in [0.2, 0.25) is 0 Å². The molecule has 0 radical (unpaired) electrons. The van der Waals surface area contributed by atoms with Gasteiger partial charge in [0.15, 0.2) is 0 Å². The van der Waals surface area contributed by atoms with E-state index >= 15 is 0 Å². The molecule has 0 aromatic heterocycles. The third kappa shape index (κ3) is 3.68. The predicted molar refractivity (Wildman–Crippen MR) is 83.6 cm³/mol. The van der Waals surface area contributed by atoms with Gasteiger partial charge in [0, 0.05) is 26.2 Å². The molecule has 1 atom stereocenters. The summed E-state index contributed by atoms with van der Waals surface area (Å²) in [6.07, 6.45) is 0. The maximum absolute atomic E-state index is 14.0. The lowest BCUT2D eigenvalue weighted by atomic mass is 10.1. The highest BCUT2D eigenvalue weighted by Crippen LogP contribution is 2.27. The van der Waals surface area contributed by atoms with Crippen LogP contribution in [0.5, 0.6) is 5.75 Å². The molecule has 1 aliphatic rings. The molecule has 0 spiro atoms. The molecule has 1 aromatic rings. The topological polar surface area (TPSA) is 44.8 Å². The van der Waals surface area contributed by atoms with Gasteiger partial charge in [-0.2, -0.15) is 0 Å². The average Bonchev–Trinajstić information content (AvgIpc) is 2.54. The summed E-state index contributed by atoms with van der Waals surface area (Å²) in [5.41, 5.74) is 0.380. The number of rotatable bonds is 4. The van der Waals surface area contributed by atoms with Crippen molar-refractivity contribution in [1.82, 2.24) is 15.1 Å². The summed E-state index contributed by atoms with van der Waals surface area (Å²) in [4.78, 5) is 16.4. The molecule has 1 fully saturated rings. The minimum atomic E-state index is -0.451. The van der Waals surface area contributed by atoms with Crippen LogP contribution in [0.2, 0.25) is 0 Å². The van der Waals surface area contributed by atoms with Crippen LogP contribution in [0.15, 0.2) is 18.2 Å². The number of carbonyl (C=O) groups excluding carboxylic acids is 1. The minimum Gasteiger partial charge on any atom is -0.496 e. The molecule has 6 heteroatoms. The predicted octanol–water partition coefficient (Wildman–Crippen LogP) is 2.24. The number of halogens is 1. The van der Waals surface area contributed by atoms with Gasteiger partial charge in [0.1, 0.15) is 11.6 Å². The van der Waals surface area contributed by atoms with E-state index in [2.05, 4.69) is 17.1 Å². The van der Waals surface area contributed by atoms with Crippen molar-refractivity contribution in [1.29, 1.82) is 0 Å². The smallest absolute Gasteiger partial charge is 0.317 e. The Hall–Kier alpha value is -1.82. The molecule has 1 N–H and O–H groups in total. The number of amides is 2. The van der Waals surface area contributed by atoms with Crippen molar-refractivity contribution in [2.45, 2.75) is 19.9 Å². The van der Waals surface area contributed by atoms with E-state index in [1.807, 2.05) is 0 Å². The van der Waals surface area contributed by atoms with E-state index in [4.69, 9.17) is 4.74 Å². The Morgan fingerprint density at radius 1 is 1.36 bits per heavy atom. The Morgan fingerprint density at radius 3 is 2.64 bits per heavy atom. The molecule has 1 aliphatic heterocycles. The third-order valence-electron chi connectivity index (χ3n) is 4.11. The minimum absolute atomic E-state index is 0.159. The van der Waals surface area contributed by atoms with Crippen LogP contribution in [-0.2, 0) is 0 Å². The van der Waals surface area contributed by atoms with Crippen LogP contribution in [0.1, 0.15) is 25.5 Å². The summed E-state index contributed by atoms with van der Waals surface area (Å²) in [6.45, 7) is 8.02. The third-order valence-corrected chi connectivity index (χ3v) is 4.11. The summed E-state index contributed by atoms with van der Waals surface area (Å²) in [5, 5.41) is 2.86. The molecule has 2 rings (SSSR count). The molecule has 0 saturated carbocycles. The number of urea groups is 1. The second kappa shape index (κ2) is 7.45. The van der Waals surface area contributed by atoms with Crippen molar-refractivity contribution in [3.8, 4) is 5.75 Å². The van der Waals surface area contributed by atoms with Crippen LogP contribution >= 0.6 is 0 Å². The van der Waals surface area contributed by atoms with Crippen molar-refractivity contribution >= 4 is 6.03 Å². The van der Waals surface area contributed by atoms with Crippen LogP contribution in [0.3, 0.4) is 0 Å². The van der Waals surface area contributed by atoms with Crippen LogP contribution in [-0.4, -0.2) is 55.7 Å². The number of hydrogen-bond acceptors (Lipinski definition) is 3. The van der Waals surface area contributed by atoms with Crippen molar-refractivity contribution in [3.63, 3.8) is 0 Å². The molecule has 2 amide bonds. The van der Waals surface area contributed by atoms with Gasteiger partial charge in [-0.15, -0.1) is 0 Å². The standard InChI is InChI=1S/C16H24FN3O2/c1-4-19-8-10-20(11-9-19)16(21)18-12(2)15-13(17)6-5-7-14(15)22-3/h5-7,12H,4,8-11H2,1-3H3,(H,18,21)/t12-/m1/s1. The summed E-state index contributed by atoms with van der Waals surface area (Å²) in [6, 6.07) is 4.05. The molecular formula is C16H24FN3O2. The SMILES string of the molecule is CCN1CCN(C(=O)N[C@H](C)c2c(F)cccc2OC)CC1. The molecular weight excluding hydrogens is 285 g/mol. The number of piperazine rings is 1. The van der Waals surface area contributed by atoms with Crippen LogP contribution < -0.4 is 10.1 Å². The Morgan fingerprint density at radius 2 is 2.05 bits per heavy atom. The maximum Gasteiger partial charge on any atom is 0.317 e. The first kappa shape index (κ1) is 16.5. The number of methoxy groups -OCH3 is 1. The molecule has 5 nitrogen and oxygen atoms in total. The summed E-state index contributed by atoms with van der Waals surface area (Å²) in [5.74, 6) is 0.0755. The van der Waals surface area contributed by atoms with Crippen molar-refractivity contribution in [3.05, 3.63) is 29.6 Å². The number of nitrogens with zero attached hydrogens (tertiary/aromatic N) is 2. The van der Waals surface area contributed by atoms with Crippen LogP contribution in [0, 0.1) is 5.82 Å². The van der Waals surface area contributed by atoms with E-state index in [-0.39, 0.29) is 11.8 Å². The highest BCUT2D eigenvalue weighted by molar-refractivity contribution is 5.75. The van der Waals surface area contributed by atoms with Gasteiger partial charge >= 0.3 is 6.03 Å². The monoisotopic (exact) mass is 309 g/mol. The molecule has 22 heavy (non-hydrogen) atoms. The first-order valence-corrected chi connectivity index (χ1v) is 7.67. The highest BCUT2D eigenvalue weighted by Gasteiger charge is 2.23. The van der Waals surface area contributed by atoms with Crippen molar-refractivity contribution in [2.24, 2.45) is 0 Å². The lowest BCUT2D eigenvalue weighted by Crippen LogP contribution is -2.52. The molecule has 1 aromatic carbocycles. The van der Waals surface area contributed by atoms with Gasteiger partial charge in [-0.05, 0) is 25.6 Å². The number of hydrogen-bond donors (Lipinski definition) is 1. The second-order valence-corrected chi connectivity index (χ2v) is 5.45. The van der Waals surface area contributed by atoms with E-state index < -0.39 is 6.04 Å². The Kier molecular flexibility index (Phi) is 5.60. The highest BCUT2D eigenvalue weighted by atomic mass is 19.1. The summed E-state index contributed by atoms with van der Waals surface area (Å²) < 4.78 is 19.2. The molecule has 0 aliphatic carbocycles. The lowest BCUT2D eigenvalue weighted by molar-refractivity contribution is 0.141. The average molecular weight is 309 g/mol. The van der Waals surface area contributed by atoms with E-state index in [1.54, 1.807) is 24.0 Å². The fourth-order valence-electron chi connectivity index (χ4n) is 2.73. The van der Waals surface area contributed by atoms with Gasteiger partial charge in [-0.25, -0.2) is 9.18 Å². The zero-order valence-electron chi connectivity index (χ0n) is 13.4. The van der Waals surface area contributed by atoms with Gasteiger partial charge in [0.25, 0.3) is 0 Å². The fourth-order valence-corrected chi connectivity index (χ4v) is 2.73. The fraction of sp³-hybridized carbons (Fsp3) is 0.562. The van der Waals surface area contributed by atoms with Gasteiger partial charge in [-0.3, -0.25) is 0 Å². The number of carbonyl (C=O) groups is 1. The number of ether oxygens (including phenoxy) is 1. The quantitative estimate of drug-likeness (QED) is 0.928. The van der Waals surface area contributed by atoms with Gasteiger partial charge < -0.3 is 19.9 Å². The van der Waals surface area contributed by atoms with Crippen LogP contribution in [0.4, 0.5) is 9.18 Å². The lowest BCUT2D eigenvalue weighted by Gasteiger charge is -2.34. The first-order chi connectivity index (χ1) is 10.6. The number of likely N-dealkylation sites (N-methyl/N-ethyl adjacent to an activating group) is 1. The van der Waals surface area contributed by atoms with E-state index in [1.165, 1.54) is 13.2 Å². The summed E-state index contributed by atoms with van der Waals surface area (Å²) in [7, 11) is 1.50. The van der Waals surface area contributed by atoms with E-state index in [0.717, 1.165) is 19.6 Å². The Labute approximate surface area is 131 Å². The normalized spacial score (nSPS) is 17.2. The van der Waals surface area contributed by atoms with Crippen molar-refractivity contribution < 1.29 is 13.9 Å². The molecule has 1 saturated heterocycles. The number of nitrogens with one attached hydrogen (secondary N) is 1. The Bertz CT molecular complexity index is 516. The van der Waals surface area contributed by atoms with Crippen LogP contribution in [0.25, 0.3) is 0 Å². The number of benzene rings is 1. The first-order valence-electron chi connectivity index (χ1n) is 7.67. The second-order valence-electron chi connectivity index (χ2n) is 5.45. The van der Waals surface area contributed by atoms with Gasteiger partial charge in [0.05, 0.1) is 18.7 Å². The largest absolute Gasteiger partial charge is 0.496 e.